The molecule has 0 aliphatic heterocycles. The molecular formula is C17H20N2. The summed E-state index contributed by atoms with van der Waals surface area (Å²) in [4.78, 5) is 4.32. The number of nitrogens with zero attached hydrogens (tertiary/aromatic N) is 1. The lowest BCUT2D eigenvalue weighted by Gasteiger charge is -2.14. The summed E-state index contributed by atoms with van der Waals surface area (Å²) in [6.45, 7) is 2.03. The van der Waals surface area contributed by atoms with Crippen molar-refractivity contribution in [1.29, 1.82) is 0 Å². The highest BCUT2D eigenvalue weighted by atomic mass is 14.7. The van der Waals surface area contributed by atoms with E-state index < -0.39 is 0 Å². The number of benzene rings is 1. The molecule has 1 heterocycles. The van der Waals surface area contributed by atoms with E-state index >= 15 is 0 Å². The fourth-order valence-corrected chi connectivity index (χ4v) is 3.00. The highest BCUT2D eigenvalue weighted by molar-refractivity contribution is 5.36. The van der Waals surface area contributed by atoms with Gasteiger partial charge in [0.2, 0.25) is 0 Å². The molecule has 1 atom stereocenters. The van der Waals surface area contributed by atoms with Gasteiger partial charge >= 0.3 is 0 Å². The van der Waals surface area contributed by atoms with Gasteiger partial charge in [-0.25, -0.2) is 0 Å². The minimum Gasteiger partial charge on any atom is -0.324 e. The number of hydrogen-bond acceptors (Lipinski definition) is 2. The van der Waals surface area contributed by atoms with Gasteiger partial charge in [-0.15, -0.1) is 0 Å². The second-order valence-corrected chi connectivity index (χ2v) is 5.45. The Balaban J connectivity index is 1.80. The van der Waals surface area contributed by atoms with Crippen LogP contribution < -0.4 is 5.73 Å². The van der Waals surface area contributed by atoms with Crippen LogP contribution >= 0.6 is 0 Å². The molecule has 0 saturated heterocycles. The van der Waals surface area contributed by atoms with Crippen molar-refractivity contribution in [2.75, 3.05) is 0 Å². The number of rotatable bonds is 3. The molecule has 1 aliphatic carbocycles. The zero-order valence-corrected chi connectivity index (χ0v) is 11.4. The fraction of sp³-hybridized carbons (Fsp3) is 0.353. The molecule has 1 unspecified atom stereocenters. The number of aryl methyl sites for hydroxylation is 3. The maximum Gasteiger partial charge on any atom is 0.0420 e. The summed E-state index contributed by atoms with van der Waals surface area (Å²) in [6, 6.07) is 10.9. The van der Waals surface area contributed by atoms with Crippen molar-refractivity contribution in [3.05, 3.63) is 64.5 Å². The van der Waals surface area contributed by atoms with E-state index in [1.807, 2.05) is 19.2 Å². The number of aromatic nitrogens is 1. The van der Waals surface area contributed by atoms with Crippen LogP contribution in [-0.2, 0) is 19.3 Å². The van der Waals surface area contributed by atoms with Gasteiger partial charge in [0.1, 0.15) is 0 Å². The van der Waals surface area contributed by atoms with E-state index in [1.54, 1.807) is 0 Å². The molecule has 0 fully saturated rings. The maximum absolute atomic E-state index is 6.33. The Morgan fingerprint density at radius 1 is 1.21 bits per heavy atom. The Labute approximate surface area is 114 Å². The largest absolute Gasteiger partial charge is 0.324 e. The summed E-state index contributed by atoms with van der Waals surface area (Å²) in [6.07, 6.45) is 6.47. The lowest BCUT2D eigenvalue weighted by Crippen LogP contribution is -2.15. The van der Waals surface area contributed by atoms with Crippen molar-refractivity contribution in [3.63, 3.8) is 0 Å². The van der Waals surface area contributed by atoms with Crippen LogP contribution in [0, 0.1) is 6.92 Å². The van der Waals surface area contributed by atoms with Crippen LogP contribution in [0.5, 0.6) is 0 Å². The SMILES string of the molecule is Cc1ncccc1C(N)Cc1ccc2c(c1)CCC2. The second-order valence-electron chi connectivity index (χ2n) is 5.45. The summed E-state index contributed by atoms with van der Waals surface area (Å²) in [5.41, 5.74) is 12.9. The van der Waals surface area contributed by atoms with Crippen molar-refractivity contribution < 1.29 is 0 Å². The van der Waals surface area contributed by atoms with Crippen LogP contribution in [0.4, 0.5) is 0 Å². The molecule has 0 saturated carbocycles. The molecule has 2 heteroatoms. The molecule has 98 valence electrons. The molecule has 0 spiro atoms. The van der Waals surface area contributed by atoms with Crippen LogP contribution in [0.25, 0.3) is 0 Å². The molecular weight excluding hydrogens is 232 g/mol. The Morgan fingerprint density at radius 3 is 2.89 bits per heavy atom. The fourth-order valence-electron chi connectivity index (χ4n) is 3.00. The maximum atomic E-state index is 6.33. The third-order valence-electron chi connectivity index (χ3n) is 4.07. The molecule has 1 aromatic carbocycles. The first kappa shape index (κ1) is 12.4. The predicted molar refractivity (Wildman–Crippen MR) is 78.1 cm³/mol. The van der Waals surface area contributed by atoms with Gasteiger partial charge in [-0.3, -0.25) is 4.98 Å². The summed E-state index contributed by atoms with van der Waals surface area (Å²) < 4.78 is 0. The minimum atomic E-state index is 0.0353. The zero-order valence-electron chi connectivity index (χ0n) is 11.4. The molecule has 0 bridgehead atoms. The van der Waals surface area contributed by atoms with Crippen molar-refractivity contribution in [3.8, 4) is 0 Å². The van der Waals surface area contributed by atoms with Crippen LogP contribution in [0.2, 0.25) is 0 Å². The van der Waals surface area contributed by atoms with E-state index in [0.717, 1.165) is 17.7 Å². The molecule has 19 heavy (non-hydrogen) atoms. The van der Waals surface area contributed by atoms with Crippen LogP contribution in [-0.4, -0.2) is 4.98 Å². The van der Waals surface area contributed by atoms with Crippen LogP contribution in [0.15, 0.2) is 36.5 Å². The Morgan fingerprint density at radius 2 is 2.05 bits per heavy atom. The average Bonchev–Trinajstić information content (AvgIpc) is 2.86. The van der Waals surface area contributed by atoms with Crippen molar-refractivity contribution in [2.45, 2.75) is 38.6 Å². The molecule has 2 aromatic rings. The highest BCUT2D eigenvalue weighted by Gasteiger charge is 2.14. The van der Waals surface area contributed by atoms with Gasteiger partial charge in [-0.1, -0.05) is 24.3 Å². The number of pyridine rings is 1. The minimum absolute atomic E-state index is 0.0353. The highest BCUT2D eigenvalue weighted by Crippen LogP contribution is 2.25. The first-order chi connectivity index (χ1) is 9.24. The number of nitrogens with two attached hydrogens (primary N) is 1. The zero-order chi connectivity index (χ0) is 13.2. The second kappa shape index (κ2) is 5.14. The van der Waals surface area contributed by atoms with E-state index in [0.29, 0.717) is 0 Å². The molecule has 2 N–H and O–H groups in total. The van der Waals surface area contributed by atoms with Gasteiger partial charge in [0, 0.05) is 17.9 Å². The molecule has 1 aromatic heterocycles. The summed E-state index contributed by atoms with van der Waals surface area (Å²) >= 11 is 0. The first-order valence-electron chi connectivity index (χ1n) is 7.02. The van der Waals surface area contributed by atoms with Crippen molar-refractivity contribution in [2.24, 2.45) is 5.73 Å². The Bertz CT molecular complexity index is 590. The number of fused-ring (bicyclic) bond motifs is 1. The Kier molecular flexibility index (Phi) is 3.34. The van der Waals surface area contributed by atoms with Crippen molar-refractivity contribution in [1.82, 2.24) is 4.98 Å². The smallest absolute Gasteiger partial charge is 0.0420 e. The number of hydrogen-bond donors (Lipinski definition) is 1. The monoisotopic (exact) mass is 252 g/mol. The lowest BCUT2D eigenvalue weighted by molar-refractivity contribution is 0.710. The molecule has 0 amide bonds. The summed E-state index contributed by atoms with van der Waals surface area (Å²) in [7, 11) is 0. The average molecular weight is 252 g/mol. The van der Waals surface area contributed by atoms with Crippen molar-refractivity contribution >= 4 is 0 Å². The van der Waals surface area contributed by atoms with E-state index in [4.69, 9.17) is 5.73 Å². The van der Waals surface area contributed by atoms with Gasteiger partial charge < -0.3 is 5.73 Å². The van der Waals surface area contributed by atoms with Gasteiger partial charge in [-0.05, 0) is 60.9 Å². The van der Waals surface area contributed by atoms with Crippen LogP contribution in [0.1, 0.15) is 40.4 Å². The summed E-state index contributed by atoms with van der Waals surface area (Å²) in [5.74, 6) is 0. The third kappa shape index (κ3) is 2.54. The van der Waals surface area contributed by atoms with E-state index in [2.05, 4.69) is 29.2 Å². The topological polar surface area (TPSA) is 38.9 Å². The van der Waals surface area contributed by atoms with Crippen LogP contribution in [0.3, 0.4) is 0 Å². The third-order valence-corrected chi connectivity index (χ3v) is 4.07. The van der Waals surface area contributed by atoms with Gasteiger partial charge in [-0.2, -0.15) is 0 Å². The normalized spacial score (nSPS) is 15.3. The van der Waals surface area contributed by atoms with E-state index in [1.165, 1.54) is 36.0 Å². The quantitative estimate of drug-likeness (QED) is 0.911. The van der Waals surface area contributed by atoms with Gasteiger partial charge in [0.25, 0.3) is 0 Å². The predicted octanol–water partition coefficient (Wildman–Crippen LogP) is 3.12. The lowest BCUT2D eigenvalue weighted by atomic mass is 9.96. The van der Waals surface area contributed by atoms with Gasteiger partial charge in [0.05, 0.1) is 0 Å². The Hall–Kier alpha value is -1.67. The van der Waals surface area contributed by atoms with Gasteiger partial charge in [0.15, 0.2) is 0 Å². The molecule has 1 aliphatic rings. The first-order valence-corrected chi connectivity index (χ1v) is 7.02. The molecule has 3 rings (SSSR count). The summed E-state index contributed by atoms with van der Waals surface area (Å²) in [5, 5.41) is 0. The van der Waals surface area contributed by atoms with E-state index in [-0.39, 0.29) is 6.04 Å². The standard InChI is InChI=1S/C17H20N2/c1-12-16(6-3-9-19-12)17(18)11-13-7-8-14-4-2-5-15(14)10-13/h3,6-10,17H,2,4-5,11,18H2,1H3. The molecule has 0 radical (unpaired) electrons. The van der Waals surface area contributed by atoms with E-state index in [9.17, 15) is 0 Å². The molecule has 2 nitrogen and oxygen atoms in total.